The van der Waals surface area contributed by atoms with Crippen molar-refractivity contribution in [3.05, 3.63) is 38.9 Å². The molecule has 0 bridgehead atoms. The third-order valence-electron chi connectivity index (χ3n) is 2.48. The van der Waals surface area contributed by atoms with Crippen LogP contribution in [0, 0.1) is 0 Å². The largest absolute Gasteiger partial charge is 0.478 e. The minimum absolute atomic E-state index is 0.0348. The molecule has 19 heavy (non-hydrogen) atoms. The fourth-order valence-electron chi connectivity index (χ4n) is 1.48. The lowest BCUT2D eigenvalue weighted by Gasteiger charge is -2.07. The molecule has 100 valence electrons. The Labute approximate surface area is 119 Å². The van der Waals surface area contributed by atoms with Crippen molar-refractivity contribution in [1.29, 1.82) is 0 Å². The highest BCUT2D eigenvalue weighted by Gasteiger charge is 2.13. The number of nitrogens with one attached hydrogen (secondary N) is 1. The third-order valence-corrected chi connectivity index (χ3v) is 4.00. The summed E-state index contributed by atoms with van der Waals surface area (Å²) in [5.41, 5.74) is 0.0348. The van der Waals surface area contributed by atoms with Crippen molar-refractivity contribution in [2.24, 2.45) is 0 Å². The maximum atomic E-state index is 10.9. The molecule has 0 saturated carbocycles. The lowest BCUT2D eigenvalue weighted by molar-refractivity contribution is 0.0697. The topological polar surface area (TPSA) is 75.1 Å². The van der Waals surface area contributed by atoms with E-state index >= 15 is 0 Å². The second kappa shape index (κ2) is 5.99. The quantitative estimate of drug-likeness (QED) is 0.887. The Kier molecular flexibility index (Phi) is 4.34. The van der Waals surface area contributed by atoms with E-state index in [1.54, 1.807) is 11.3 Å². The Morgan fingerprint density at radius 1 is 1.53 bits per heavy atom. The average Bonchev–Trinajstić information content (AvgIpc) is 2.85. The summed E-state index contributed by atoms with van der Waals surface area (Å²) in [7, 11) is 0. The molecule has 2 N–H and O–H groups in total. The van der Waals surface area contributed by atoms with E-state index in [0.717, 1.165) is 11.4 Å². The van der Waals surface area contributed by atoms with E-state index in [1.807, 2.05) is 6.20 Å². The van der Waals surface area contributed by atoms with Crippen molar-refractivity contribution in [1.82, 2.24) is 9.97 Å². The number of carboxylic acid groups (broad SMARTS) is 1. The van der Waals surface area contributed by atoms with Gasteiger partial charge in [-0.05, 0) is 12.5 Å². The lowest BCUT2D eigenvalue weighted by Crippen LogP contribution is -2.05. The van der Waals surface area contributed by atoms with Gasteiger partial charge in [-0.3, -0.25) is 0 Å². The van der Waals surface area contributed by atoms with E-state index in [-0.39, 0.29) is 10.6 Å². The van der Waals surface area contributed by atoms with Crippen LogP contribution in [0.15, 0.2) is 18.5 Å². The first kappa shape index (κ1) is 13.8. The first-order chi connectivity index (χ1) is 9.11. The normalized spacial score (nSPS) is 10.4. The highest BCUT2D eigenvalue weighted by molar-refractivity contribution is 7.11. The van der Waals surface area contributed by atoms with E-state index in [9.17, 15) is 4.79 Å². The van der Waals surface area contributed by atoms with Crippen LogP contribution in [0.3, 0.4) is 0 Å². The summed E-state index contributed by atoms with van der Waals surface area (Å²) in [4.78, 5) is 20.4. The van der Waals surface area contributed by atoms with Crippen LogP contribution < -0.4 is 5.32 Å². The molecule has 0 amide bonds. The minimum Gasteiger partial charge on any atom is -0.478 e. The number of aryl methyl sites for hydroxylation is 1. The van der Waals surface area contributed by atoms with E-state index in [2.05, 4.69) is 22.2 Å². The molecule has 2 rings (SSSR count). The molecule has 0 saturated heterocycles. The second-order valence-electron chi connectivity index (χ2n) is 3.75. The Morgan fingerprint density at radius 3 is 2.95 bits per heavy atom. The Morgan fingerprint density at radius 2 is 2.32 bits per heavy atom. The zero-order valence-corrected chi connectivity index (χ0v) is 11.8. The predicted octanol–water partition coefficient (Wildman–Crippen LogP) is 3.06. The highest BCUT2D eigenvalue weighted by Crippen LogP contribution is 2.24. The SMILES string of the molecule is CCc1cnc(CNc2nccc(C(=O)O)c2Cl)s1. The summed E-state index contributed by atoms with van der Waals surface area (Å²) < 4.78 is 0. The van der Waals surface area contributed by atoms with Gasteiger partial charge in [-0.1, -0.05) is 18.5 Å². The van der Waals surface area contributed by atoms with E-state index in [4.69, 9.17) is 16.7 Å². The molecule has 0 aliphatic rings. The number of rotatable bonds is 5. The van der Waals surface area contributed by atoms with Crippen molar-refractivity contribution in [2.45, 2.75) is 19.9 Å². The van der Waals surface area contributed by atoms with Crippen molar-refractivity contribution in [2.75, 3.05) is 5.32 Å². The number of carbonyl (C=O) groups is 1. The number of aromatic carboxylic acids is 1. The Bertz CT molecular complexity index is 600. The van der Waals surface area contributed by atoms with E-state index < -0.39 is 5.97 Å². The van der Waals surface area contributed by atoms with Crippen LogP contribution in [0.2, 0.25) is 5.02 Å². The summed E-state index contributed by atoms with van der Waals surface area (Å²) in [5.74, 6) is -0.715. The summed E-state index contributed by atoms with van der Waals surface area (Å²) in [6.07, 6.45) is 4.20. The summed E-state index contributed by atoms with van der Waals surface area (Å²) in [6, 6.07) is 1.37. The third kappa shape index (κ3) is 3.21. The number of pyridine rings is 1. The van der Waals surface area contributed by atoms with Crippen LogP contribution >= 0.6 is 22.9 Å². The molecule has 0 spiro atoms. The average molecular weight is 298 g/mol. The fourth-order valence-corrected chi connectivity index (χ4v) is 2.55. The van der Waals surface area contributed by atoms with Gasteiger partial charge in [0, 0.05) is 17.3 Å². The van der Waals surface area contributed by atoms with Crippen LogP contribution in [-0.4, -0.2) is 21.0 Å². The van der Waals surface area contributed by atoms with Crippen LogP contribution in [0.25, 0.3) is 0 Å². The van der Waals surface area contributed by atoms with Crippen molar-refractivity contribution < 1.29 is 9.90 Å². The number of hydrogen-bond donors (Lipinski definition) is 2. The van der Waals surface area contributed by atoms with Crippen LogP contribution in [0.1, 0.15) is 27.2 Å². The molecule has 2 aromatic rings. The smallest absolute Gasteiger partial charge is 0.337 e. The van der Waals surface area contributed by atoms with Crippen LogP contribution in [0.4, 0.5) is 5.82 Å². The number of halogens is 1. The van der Waals surface area contributed by atoms with E-state index in [1.165, 1.54) is 17.1 Å². The fraction of sp³-hybridized carbons (Fsp3) is 0.250. The highest BCUT2D eigenvalue weighted by atomic mass is 35.5. The van der Waals surface area contributed by atoms with Crippen molar-refractivity contribution >= 4 is 34.7 Å². The van der Waals surface area contributed by atoms with Crippen molar-refractivity contribution in [3.63, 3.8) is 0 Å². The maximum Gasteiger partial charge on any atom is 0.337 e. The number of carboxylic acids is 1. The van der Waals surface area contributed by atoms with Gasteiger partial charge >= 0.3 is 5.97 Å². The minimum atomic E-state index is -1.07. The van der Waals surface area contributed by atoms with Gasteiger partial charge in [-0.25, -0.2) is 14.8 Å². The Balaban J connectivity index is 2.11. The molecule has 2 aromatic heterocycles. The molecule has 0 fully saturated rings. The maximum absolute atomic E-state index is 10.9. The van der Waals surface area contributed by atoms with E-state index in [0.29, 0.717) is 12.4 Å². The Hall–Kier alpha value is -1.66. The first-order valence-corrected chi connectivity index (χ1v) is 6.86. The van der Waals surface area contributed by atoms with Crippen molar-refractivity contribution in [3.8, 4) is 0 Å². The van der Waals surface area contributed by atoms with Gasteiger partial charge in [0.25, 0.3) is 0 Å². The van der Waals surface area contributed by atoms with Crippen LogP contribution in [0.5, 0.6) is 0 Å². The molecular weight excluding hydrogens is 286 g/mol. The molecule has 0 radical (unpaired) electrons. The van der Waals surface area contributed by atoms with Gasteiger partial charge in [0.1, 0.15) is 10.8 Å². The lowest BCUT2D eigenvalue weighted by atomic mass is 10.2. The number of anilines is 1. The van der Waals surface area contributed by atoms with Gasteiger partial charge in [0.2, 0.25) is 0 Å². The number of aromatic nitrogens is 2. The summed E-state index contributed by atoms with van der Waals surface area (Å²) >= 11 is 7.59. The van der Waals surface area contributed by atoms with Gasteiger partial charge in [-0.15, -0.1) is 11.3 Å². The predicted molar refractivity (Wildman–Crippen MR) is 75.0 cm³/mol. The van der Waals surface area contributed by atoms with Crippen LogP contribution in [-0.2, 0) is 13.0 Å². The number of thiazole rings is 1. The summed E-state index contributed by atoms with van der Waals surface area (Å²) in [6.45, 7) is 2.54. The molecule has 0 atom stereocenters. The molecule has 7 heteroatoms. The van der Waals surface area contributed by atoms with Gasteiger partial charge < -0.3 is 10.4 Å². The molecule has 5 nitrogen and oxygen atoms in total. The zero-order chi connectivity index (χ0) is 13.8. The molecular formula is C12H12ClN3O2S. The standard InChI is InChI=1S/C12H12ClN3O2S/c1-2-7-5-15-9(19-7)6-16-11-10(13)8(12(17)18)3-4-14-11/h3-5H,2,6H2,1H3,(H,14,16)(H,17,18). The molecule has 2 heterocycles. The molecule has 0 aromatic carbocycles. The summed E-state index contributed by atoms with van der Waals surface area (Å²) in [5, 5.41) is 13.0. The van der Waals surface area contributed by atoms with Gasteiger partial charge in [-0.2, -0.15) is 0 Å². The monoisotopic (exact) mass is 297 g/mol. The number of hydrogen-bond acceptors (Lipinski definition) is 5. The molecule has 0 aliphatic heterocycles. The van der Waals surface area contributed by atoms with Gasteiger partial charge in [0.15, 0.2) is 0 Å². The zero-order valence-electron chi connectivity index (χ0n) is 10.2. The second-order valence-corrected chi connectivity index (χ2v) is 5.33. The molecule has 0 unspecified atom stereocenters. The number of nitrogens with zero attached hydrogens (tertiary/aromatic N) is 2. The molecule has 0 aliphatic carbocycles. The van der Waals surface area contributed by atoms with Gasteiger partial charge in [0.05, 0.1) is 17.1 Å². The first-order valence-electron chi connectivity index (χ1n) is 5.67.